The van der Waals surface area contributed by atoms with Gasteiger partial charge in [-0.15, -0.1) is 0 Å². The molecule has 0 aliphatic carbocycles. The van der Waals surface area contributed by atoms with Crippen LogP contribution in [0.5, 0.6) is 0 Å². The van der Waals surface area contributed by atoms with E-state index in [0.717, 1.165) is 31.6 Å². The second-order valence-electron chi connectivity index (χ2n) is 5.03. The normalized spacial score (nSPS) is 19.5. The van der Waals surface area contributed by atoms with Crippen LogP contribution in [0.25, 0.3) is 11.3 Å². The first-order valence-electron chi connectivity index (χ1n) is 7.13. The number of hydrogen-bond acceptors (Lipinski definition) is 2. The highest BCUT2D eigenvalue weighted by atomic mass is 16.5. The molecular formula is C16H20N2O. The Balaban J connectivity index is 1.89. The SMILES string of the molecule is CCc1ccc(-c2ccnn2C2CCCCO2)cc1. The van der Waals surface area contributed by atoms with Gasteiger partial charge in [-0.25, -0.2) is 4.68 Å². The van der Waals surface area contributed by atoms with Crippen molar-refractivity contribution >= 4 is 0 Å². The van der Waals surface area contributed by atoms with Gasteiger partial charge in [0.15, 0.2) is 6.23 Å². The van der Waals surface area contributed by atoms with Crippen LogP contribution in [0.2, 0.25) is 0 Å². The van der Waals surface area contributed by atoms with Crippen LogP contribution in [0, 0.1) is 0 Å². The Morgan fingerprint density at radius 3 is 2.74 bits per heavy atom. The van der Waals surface area contributed by atoms with Gasteiger partial charge in [0.1, 0.15) is 0 Å². The summed E-state index contributed by atoms with van der Waals surface area (Å²) in [7, 11) is 0. The smallest absolute Gasteiger partial charge is 0.150 e. The molecule has 0 spiro atoms. The van der Waals surface area contributed by atoms with E-state index in [1.165, 1.54) is 17.5 Å². The summed E-state index contributed by atoms with van der Waals surface area (Å²) in [4.78, 5) is 0. The van der Waals surface area contributed by atoms with Crippen molar-refractivity contribution in [2.45, 2.75) is 38.8 Å². The van der Waals surface area contributed by atoms with E-state index in [4.69, 9.17) is 4.74 Å². The van der Waals surface area contributed by atoms with Crippen LogP contribution in [0.4, 0.5) is 0 Å². The molecule has 3 rings (SSSR count). The van der Waals surface area contributed by atoms with Gasteiger partial charge >= 0.3 is 0 Å². The molecule has 1 aliphatic heterocycles. The maximum absolute atomic E-state index is 5.83. The molecule has 3 nitrogen and oxygen atoms in total. The lowest BCUT2D eigenvalue weighted by atomic mass is 10.1. The van der Waals surface area contributed by atoms with E-state index in [2.05, 4.69) is 42.4 Å². The Morgan fingerprint density at radius 2 is 2.05 bits per heavy atom. The van der Waals surface area contributed by atoms with Gasteiger partial charge in [0.25, 0.3) is 0 Å². The molecule has 1 saturated heterocycles. The Labute approximate surface area is 114 Å². The van der Waals surface area contributed by atoms with Gasteiger partial charge < -0.3 is 4.74 Å². The van der Waals surface area contributed by atoms with E-state index >= 15 is 0 Å². The van der Waals surface area contributed by atoms with Gasteiger partial charge in [0.05, 0.1) is 5.69 Å². The molecule has 19 heavy (non-hydrogen) atoms. The van der Waals surface area contributed by atoms with Crippen molar-refractivity contribution in [3.63, 3.8) is 0 Å². The van der Waals surface area contributed by atoms with Crippen molar-refractivity contribution < 1.29 is 4.74 Å². The van der Waals surface area contributed by atoms with Crippen LogP contribution in [-0.4, -0.2) is 16.4 Å². The Bertz CT molecular complexity index is 524. The van der Waals surface area contributed by atoms with Crippen LogP contribution in [0.1, 0.15) is 38.0 Å². The zero-order valence-corrected chi connectivity index (χ0v) is 11.4. The fourth-order valence-corrected chi connectivity index (χ4v) is 2.60. The third-order valence-electron chi connectivity index (χ3n) is 3.76. The first-order valence-corrected chi connectivity index (χ1v) is 7.13. The van der Waals surface area contributed by atoms with Crippen molar-refractivity contribution in [1.29, 1.82) is 0 Å². The maximum atomic E-state index is 5.83. The van der Waals surface area contributed by atoms with E-state index in [0.29, 0.717) is 0 Å². The lowest BCUT2D eigenvalue weighted by Crippen LogP contribution is -2.19. The largest absolute Gasteiger partial charge is 0.356 e. The summed E-state index contributed by atoms with van der Waals surface area (Å²) in [6.07, 6.45) is 6.48. The molecule has 1 aromatic heterocycles. The van der Waals surface area contributed by atoms with Crippen molar-refractivity contribution in [2.24, 2.45) is 0 Å². The van der Waals surface area contributed by atoms with Gasteiger partial charge in [-0.1, -0.05) is 31.2 Å². The molecule has 0 radical (unpaired) electrons. The third-order valence-corrected chi connectivity index (χ3v) is 3.76. The summed E-state index contributed by atoms with van der Waals surface area (Å²) >= 11 is 0. The minimum Gasteiger partial charge on any atom is -0.356 e. The maximum Gasteiger partial charge on any atom is 0.150 e. The van der Waals surface area contributed by atoms with Crippen molar-refractivity contribution in [2.75, 3.05) is 6.61 Å². The molecule has 100 valence electrons. The van der Waals surface area contributed by atoms with Crippen LogP contribution < -0.4 is 0 Å². The molecule has 0 N–H and O–H groups in total. The van der Waals surface area contributed by atoms with Crippen LogP contribution >= 0.6 is 0 Å². The quantitative estimate of drug-likeness (QED) is 0.835. The van der Waals surface area contributed by atoms with Crippen LogP contribution in [0.15, 0.2) is 36.5 Å². The molecule has 0 amide bonds. The van der Waals surface area contributed by atoms with Gasteiger partial charge in [0.2, 0.25) is 0 Å². The van der Waals surface area contributed by atoms with E-state index in [1.807, 2.05) is 10.9 Å². The average molecular weight is 256 g/mol. The Kier molecular flexibility index (Phi) is 3.65. The molecule has 2 heterocycles. The summed E-state index contributed by atoms with van der Waals surface area (Å²) in [5, 5.41) is 4.45. The highest BCUT2D eigenvalue weighted by molar-refractivity contribution is 5.59. The highest BCUT2D eigenvalue weighted by Gasteiger charge is 2.19. The fraction of sp³-hybridized carbons (Fsp3) is 0.438. The molecule has 0 saturated carbocycles. The lowest BCUT2D eigenvalue weighted by molar-refractivity contribution is -0.0383. The third kappa shape index (κ3) is 2.56. The van der Waals surface area contributed by atoms with Gasteiger partial charge in [-0.3, -0.25) is 0 Å². The van der Waals surface area contributed by atoms with E-state index in [9.17, 15) is 0 Å². The van der Waals surface area contributed by atoms with Crippen molar-refractivity contribution in [3.05, 3.63) is 42.1 Å². The number of nitrogens with zero attached hydrogens (tertiary/aromatic N) is 2. The predicted octanol–water partition coefficient (Wildman–Crippen LogP) is 3.81. The number of aromatic nitrogens is 2. The second kappa shape index (κ2) is 5.57. The highest BCUT2D eigenvalue weighted by Crippen LogP contribution is 2.28. The Morgan fingerprint density at radius 1 is 1.21 bits per heavy atom. The number of aryl methyl sites for hydroxylation is 1. The predicted molar refractivity (Wildman–Crippen MR) is 75.9 cm³/mol. The number of ether oxygens (including phenoxy) is 1. The topological polar surface area (TPSA) is 27.1 Å². The van der Waals surface area contributed by atoms with Crippen LogP contribution in [-0.2, 0) is 11.2 Å². The van der Waals surface area contributed by atoms with E-state index in [1.54, 1.807) is 0 Å². The molecule has 0 bridgehead atoms. The molecular weight excluding hydrogens is 236 g/mol. The lowest BCUT2D eigenvalue weighted by Gasteiger charge is -2.24. The van der Waals surface area contributed by atoms with Crippen molar-refractivity contribution in [3.8, 4) is 11.3 Å². The van der Waals surface area contributed by atoms with Gasteiger partial charge in [-0.05, 0) is 42.9 Å². The average Bonchev–Trinajstić information content (AvgIpc) is 2.98. The minimum absolute atomic E-state index is 0.101. The summed E-state index contributed by atoms with van der Waals surface area (Å²) in [6.45, 7) is 3.02. The summed E-state index contributed by atoms with van der Waals surface area (Å²) in [5.74, 6) is 0. The number of benzene rings is 1. The van der Waals surface area contributed by atoms with Gasteiger partial charge in [0, 0.05) is 12.8 Å². The molecule has 1 unspecified atom stereocenters. The Hall–Kier alpha value is -1.61. The second-order valence-corrected chi connectivity index (χ2v) is 5.03. The monoisotopic (exact) mass is 256 g/mol. The van der Waals surface area contributed by atoms with Gasteiger partial charge in [-0.2, -0.15) is 5.10 Å². The number of rotatable bonds is 3. The summed E-state index contributed by atoms with van der Waals surface area (Å²) in [5.41, 5.74) is 3.72. The summed E-state index contributed by atoms with van der Waals surface area (Å²) in [6, 6.07) is 10.8. The first-order chi connectivity index (χ1) is 9.38. The molecule has 1 aromatic carbocycles. The molecule has 3 heteroatoms. The number of hydrogen-bond donors (Lipinski definition) is 0. The zero-order valence-electron chi connectivity index (χ0n) is 11.4. The van der Waals surface area contributed by atoms with E-state index in [-0.39, 0.29) is 6.23 Å². The minimum atomic E-state index is 0.101. The molecule has 1 atom stereocenters. The van der Waals surface area contributed by atoms with Crippen molar-refractivity contribution in [1.82, 2.24) is 9.78 Å². The molecule has 2 aromatic rings. The molecule has 1 aliphatic rings. The van der Waals surface area contributed by atoms with E-state index < -0.39 is 0 Å². The first kappa shape index (κ1) is 12.4. The zero-order chi connectivity index (χ0) is 13.1. The van der Waals surface area contributed by atoms with Crippen LogP contribution in [0.3, 0.4) is 0 Å². The standard InChI is InChI=1S/C16H20N2O/c1-2-13-6-8-14(9-7-13)15-10-11-17-18(15)16-5-3-4-12-19-16/h6-11,16H,2-5,12H2,1H3. The molecule has 1 fully saturated rings. The summed E-state index contributed by atoms with van der Waals surface area (Å²) < 4.78 is 7.86. The fourth-order valence-electron chi connectivity index (χ4n) is 2.60.